The molecule has 0 heterocycles. The van der Waals surface area contributed by atoms with Crippen LogP contribution in [0.4, 0.5) is 0 Å². The van der Waals surface area contributed by atoms with Crippen molar-refractivity contribution in [2.24, 2.45) is 0 Å². The second kappa shape index (κ2) is 4.75. The Kier molecular flexibility index (Phi) is 3.16. The van der Waals surface area contributed by atoms with Crippen LogP contribution in [-0.4, -0.2) is 5.78 Å². The summed E-state index contributed by atoms with van der Waals surface area (Å²) in [4.78, 5) is 12.0. The van der Waals surface area contributed by atoms with Crippen LogP contribution in [0.5, 0.6) is 0 Å². The lowest BCUT2D eigenvalue weighted by molar-refractivity contribution is 0.103. The third-order valence-electron chi connectivity index (χ3n) is 2.54. The smallest absolute Gasteiger partial charge is 0.193 e. The maximum atomic E-state index is 12.0. The molecule has 1 heteroatoms. The topological polar surface area (TPSA) is 17.1 Å². The van der Waals surface area contributed by atoms with Crippen LogP contribution in [0.2, 0.25) is 0 Å². The van der Waals surface area contributed by atoms with E-state index >= 15 is 0 Å². The first-order valence-electron chi connectivity index (χ1n) is 5.29. The van der Waals surface area contributed by atoms with E-state index in [1.807, 2.05) is 54.6 Å². The van der Waals surface area contributed by atoms with E-state index in [0.29, 0.717) is 0 Å². The van der Waals surface area contributed by atoms with Crippen LogP contribution in [0, 0.1) is 6.92 Å². The molecule has 16 heavy (non-hydrogen) atoms. The summed E-state index contributed by atoms with van der Waals surface area (Å²) in [6, 6.07) is 16.9. The van der Waals surface area contributed by atoms with Crippen molar-refractivity contribution in [1.29, 1.82) is 0 Å². The minimum absolute atomic E-state index is 0.0659. The highest BCUT2D eigenvalue weighted by atomic mass is 16.1. The van der Waals surface area contributed by atoms with Crippen molar-refractivity contribution in [1.82, 2.24) is 0 Å². The van der Waals surface area contributed by atoms with Gasteiger partial charge < -0.3 is 0 Å². The predicted octanol–water partition coefficient (Wildman–Crippen LogP) is 3.29. The predicted molar refractivity (Wildman–Crippen MR) is 65.4 cm³/mol. The molecule has 0 spiro atoms. The molecule has 0 fully saturated rings. The molecule has 2 aromatic rings. The fraction of sp³-hybridized carbons (Fsp3) is 0.0667. The molecule has 0 unspecified atom stereocenters. The fourth-order valence-corrected chi connectivity index (χ4v) is 1.58. The van der Waals surface area contributed by atoms with Gasteiger partial charge >= 0.3 is 0 Å². The highest BCUT2D eigenvalue weighted by molar-refractivity contribution is 6.08. The summed E-state index contributed by atoms with van der Waals surface area (Å²) in [5.74, 6) is 0.0659. The lowest BCUT2D eigenvalue weighted by atomic mass is 10.0. The summed E-state index contributed by atoms with van der Waals surface area (Å²) in [6.45, 7) is 3.80. The molecule has 0 aliphatic carbocycles. The van der Waals surface area contributed by atoms with E-state index in [1.54, 1.807) is 0 Å². The molecule has 0 aromatic heterocycles. The summed E-state index contributed by atoms with van der Waals surface area (Å²) in [6.07, 6.45) is 0.750. The molecule has 0 aliphatic rings. The number of carbonyl (C=O) groups is 1. The van der Waals surface area contributed by atoms with Crippen LogP contribution in [0.3, 0.4) is 0 Å². The normalized spacial score (nSPS) is 10.1. The average molecular weight is 209 g/mol. The number of benzene rings is 2. The molecule has 0 N–H and O–H groups in total. The van der Waals surface area contributed by atoms with Crippen molar-refractivity contribution in [2.75, 3.05) is 0 Å². The Balaban J connectivity index is 2.28. The molecule has 0 amide bonds. The second-order valence-electron chi connectivity index (χ2n) is 3.64. The van der Waals surface area contributed by atoms with Crippen molar-refractivity contribution in [3.05, 3.63) is 78.2 Å². The monoisotopic (exact) mass is 209 g/mol. The van der Waals surface area contributed by atoms with Gasteiger partial charge in [-0.05, 0) is 18.9 Å². The Morgan fingerprint density at radius 2 is 1.44 bits per heavy atom. The quantitative estimate of drug-likeness (QED) is 0.709. The largest absolute Gasteiger partial charge is 0.289 e. The summed E-state index contributed by atoms with van der Waals surface area (Å²) in [5.41, 5.74) is 2.60. The second-order valence-corrected chi connectivity index (χ2v) is 3.64. The van der Waals surface area contributed by atoms with E-state index in [9.17, 15) is 4.79 Å². The minimum atomic E-state index is 0.0659. The zero-order valence-electron chi connectivity index (χ0n) is 9.02. The van der Waals surface area contributed by atoms with E-state index < -0.39 is 0 Å². The third-order valence-corrected chi connectivity index (χ3v) is 2.54. The van der Waals surface area contributed by atoms with Crippen molar-refractivity contribution < 1.29 is 4.79 Å². The molecule has 0 atom stereocenters. The minimum Gasteiger partial charge on any atom is -0.289 e. The van der Waals surface area contributed by atoms with Gasteiger partial charge in [0.1, 0.15) is 0 Å². The first-order chi connectivity index (χ1) is 7.81. The average Bonchev–Trinajstić information content (AvgIpc) is 2.39. The van der Waals surface area contributed by atoms with Gasteiger partial charge in [0.2, 0.25) is 0 Å². The maximum absolute atomic E-state index is 12.0. The summed E-state index contributed by atoms with van der Waals surface area (Å²) in [5, 5.41) is 0. The van der Waals surface area contributed by atoms with Gasteiger partial charge in [0.15, 0.2) is 5.78 Å². The van der Waals surface area contributed by atoms with Crippen LogP contribution in [0.25, 0.3) is 0 Å². The highest BCUT2D eigenvalue weighted by Gasteiger charge is 2.07. The number of hydrogen-bond acceptors (Lipinski definition) is 1. The van der Waals surface area contributed by atoms with Crippen LogP contribution in [0.1, 0.15) is 21.5 Å². The number of carbonyl (C=O) groups excluding carboxylic acids is 1. The fourth-order valence-electron chi connectivity index (χ4n) is 1.58. The first-order valence-corrected chi connectivity index (χ1v) is 5.29. The highest BCUT2D eigenvalue weighted by Crippen LogP contribution is 2.11. The lowest BCUT2D eigenvalue weighted by Gasteiger charge is -2.02. The van der Waals surface area contributed by atoms with Crippen molar-refractivity contribution in [2.45, 2.75) is 6.42 Å². The number of rotatable bonds is 3. The SMILES string of the molecule is [CH2]Cc1ccc(C(=O)c2ccccc2)cc1. The summed E-state index contributed by atoms with van der Waals surface area (Å²) >= 11 is 0. The molecule has 0 saturated heterocycles. The van der Waals surface area contributed by atoms with E-state index in [2.05, 4.69) is 6.92 Å². The van der Waals surface area contributed by atoms with Gasteiger partial charge in [-0.3, -0.25) is 4.79 Å². The van der Waals surface area contributed by atoms with E-state index in [4.69, 9.17) is 0 Å². The Bertz CT molecular complexity index is 469. The standard InChI is InChI=1S/C15H13O/c1-2-12-8-10-14(11-9-12)15(16)13-6-4-3-5-7-13/h3-11H,1-2H2. The van der Waals surface area contributed by atoms with Gasteiger partial charge in [-0.2, -0.15) is 0 Å². The molecular formula is C15H13O. The third kappa shape index (κ3) is 2.19. The Morgan fingerprint density at radius 3 is 2.00 bits per heavy atom. The summed E-state index contributed by atoms with van der Waals surface area (Å²) in [7, 11) is 0. The van der Waals surface area contributed by atoms with Gasteiger partial charge in [0.25, 0.3) is 0 Å². The molecule has 0 bridgehead atoms. The van der Waals surface area contributed by atoms with E-state index in [0.717, 1.165) is 23.1 Å². The molecular weight excluding hydrogens is 196 g/mol. The van der Waals surface area contributed by atoms with Crippen molar-refractivity contribution >= 4 is 5.78 Å². The Hall–Kier alpha value is -1.89. The number of ketones is 1. The zero-order valence-corrected chi connectivity index (χ0v) is 9.02. The molecule has 0 aliphatic heterocycles. The van der Waals surface area contributed by atoms with Crippen LogP contribution in [0.15, 0.2) is 54.6 Å². The first kappa shape index (κ1) is 10.6. The van der Waals surface area contributed by atoms with E-state index in [-0.39, 0.29) is 5.78 Å². The summed E-state index contributed by atoms with van der Waals surface area (Å²) < 4.78 is 0. The molecule has 2 rings (SSSR count). The van der Waals surface area contributed by atoms with Crippen molar-refractivity contribution in [3.8, 4) is 0 Å². The van der Waals surface area contributed by atoms with Crippen LogP contribution in [-0.2, 0) is 6.42 Å². The Morgan fingerprint density at radius 1 is 0.875 bits per heavy atom. The lowest BCUT2D eigenvalue weighted by Crippen LogP contribution is -2.00. The van der Waals surface area contributed by atoms with Crippen LogP contribution >= 0.6 is 0 Å². The van der Waals surface area contributed by atoms with Gasteiger partial charge in [-0.15, -0.1) is 0 Å². The molecule has 0 saturated carbocycles. The molecule has 79 valence electrons. The molecule has 1 nitrogen and oxygen atoms in total. The van der Waals surface area contributed by atoms with Gasteiger partial charge in [-0.25, -0.2) is 0 Å². The van der Waals surface area contributed by atoms with Gasteiger partial charge in [0.05, 0.1) is 0 Å². The van der Waals surface area contributed by atoms with Crippen molar-refractivity contribution in [3.63, 3.8) is 0 Å². The Labute approximate surface area is 95.7 Å². The number of hydrogen-bond donors (Lipinski definition) is 0. The molecule has 2 aromatic carbocycles. The molecule has 1 radical (unpaired) electrons. The zero-order chi connectivity index (χ0) is 11.4. The van der Waals surface area contributed by atoms with E-state index in [1.165, 1.54) is 0 Å². The van der Waals surface area contributed by atoms with Gasteiger partial charge in [0, 0.05) is 11.1 Å². The van der Waals surface area contributed by atoms with Crippen LogP contribution < -0.4 is 0 Å². The van der Waals surface area contributed by atoms with Gasteiger partial charge in [-0.1, -0.05) is 54.6 Å². The maximum Gasteiger partial charge on any atom is 0.193 e.